The van der Waals surface area contributed by atoms with Crippen LogP contribution in [-0.2, 0) is 4.79 Å². The quantitative estimate of drug-likeness (QED) is 0.833. The topological polar surface area (TPSA) is 35.6 Å². The minimum atomic E-state index is 0.364. The van der Waals surface area contributed by atoms with Crippen LogP contribution in [0, 0.1) is 5.92 Å². The van der Waals surface area contributed by atoms with Gasteiger partial charge >= 0.3 is 0 Å². The van der Waals surface area contributed by atoms with Gasteiger partial charge in [-0.25, -0.2) is 0 Å². The summed E-state index contributed by atoms with van der Waals surface area (Å²) in [5.41, 5.74) is 0. The Hall–Kier alpha value is -0.610. The van der Waals surface area contributed by atoms with Gasteiger partial charge < -0.3 is 10.2 Å². The van der Waals surface area contributed by atoms with Crippen molar-refractivity contribution in [1.29, 1.82) is 0 Å². The minimum Gasteiger partial charge on any atom is -0.339 e. The maximum absolute atomic E-state index is 12.5. The molecule has 0 radical (unpaired) electrons. The van der Waals surface area contributed by atoms with E-state index in [1.807, 2.05) is 7.05 Å². The zero-order chi connectivity index (χ0) is 14.4. The summed E-state index contributed by atoms with van der Waals surface area (Å²) in [4.78, 5) is 17.0. The van der Waals surface area contributed by atoms with E-state index in [4.69, 9.17) is 0 Å². The molecular weight excluding hydrogens is 250 g/mol. The second-order valence-corrected chi connectivity index (χ2v) is 6.42. The molecule has 1 N–H and O–H groups in total. The molecule has 0 bridgehead atoms. The molecule has 0 aromatic rings. The molecule has 4 heteroatoms. The molecule has 0 aliphatic carbocycles. The normalized spacial score (nSPS) is 25.9. The molecule has 2 aliphatic heterocycles. The Labute approximate surface area is 123 Å². The predicted molar refractivity (Wildman–Crippen MR) is 82.7 cm³/mol. The molecule has 20 heavy (non-hydrogen) atoms. The van der Waals surface area contributed by atoms with Crippen molar-refractivity contribution in [2.45, 2.75) is 51.5 Å². The molecule has 0 saturated carbocycles. The highest BCUT2D eigenvalue weighted by atomic mass is 16.2. The zero-order valence-corrected chi connectivity index (χ0v) is 13.2. The number of hydrogen-bond acceptors (Lipinski definition) is 3. The van der Waals surface area contributed by atoms with Gasteiger partial charge in [-0.3, -0.25) is 9.69 Å². The number of hydrogen-bond donors (Lipinski definition) is 1. The molecule has 1 unspecified atom stereocenters. The molecular formula is C16H31N3O. The largest absolute Gasteiger partial charge is 0.339 e. The molecule has 2 rings (SSSR count). The molecule has 2 saturated heterocycles. The average Bonchev–Trinajstić information content (AvgIpc) is 2.49. The molecule has 0 aromatic heterocycles. The fraction of sp³-hybridized carbons (Fsp3) is 0.938. The lowest BCUT2D eigenvalue weighted by atomic mass is 9.96. The van der Waals surface area contributed by atoms with Crippen LogP contribution in [0.1, 0.15) is 45.4 Å². The predicted octanol–water partition coefficient (Wildman–Crippen LogP) is 1.71. The summed E-state index contributed by atoms with van der Waals surface area (Å²) in [6.45, 7) is 7.12. The van der Waals surface area contributed by atoms with Gasteiger partial charge in [-0.15, -0.1) is 0 Å². The summed E-state index contributed by atoms with van der Waals surface area (Å²) in [7, 11) is 2.02. The van der Waals surface area contributed by atoms with Gasteiger partial charge in [-0.2, -0.15) is 0 Å². The molecule has 2 fully saturated rings. The Morgan fingerprint density at radius 2 is 1.90 bits per heavy atom. The molecule has 1 amide bonds. The summed E-state index contributed by atoms with van der Waals surface area (Å²) in [6.07, 6.45) is 7.24. The van der Waals surface area contributed by atoms with Crippen molar-refractivity contribution < 1.29 is 4.79 Å². The molecule has 0 spiro atoms. The van der Waals surface area contributed by atoms with Gasteiger partial charge in [-0.05, 0) is 71.1 Å². The first kappa shape index (κ1) is 15.8. The van der Waals surface area contributed by atoms with Crippen molar-refractivity contribution in [2.24, 2.45) is 5.92 Å². The Kier molecular flexibility index (Phi) is 6.30. The lowest BCUT2D eigenvalue weighted by molar-refractivity contribution is -0.136. The maximum Gasteiger partial charge on any atom is 0.236 e. The molecule has 116 valence electrons. The maximum atomic E-state index is 12.5. The molecule has 0 aromatic carbocycles. The number of piperidine rings is 2. The van der Waals surface area contributed by atoms with Crippen LogP contribution >= 0.6 is 0 Å². The van der Waals surface area contributed by atoms with Crippen molar-refractivity contribution in [3.05, 3.63) is 0 Å². The van der Waals surface area contributed by atoms with Crippen LogP contribution in [0.5, 0.6) is 0 Å². The molecule has 2 heterocycles. The Balaban J connectivity index is 1.77. The average molecular weight is 281 g/mol. The third-order valence-electron chi connectivity index (χ3n) is 4.98. The highest BCUT2D eigenvalue weighted by Gasteiger charge is 2.27. The van der Waals surface area contributed by atoms with Gasteiger partial charge in [0, 0.05) is 12.6 Å². The Morgan fingerprint density at radius 3 is 2.55 bits per heavy atom. The van der Waals surface area contributed by atoms with Gasteiger partial charge in [0.1, 0.15) is 0 Å². The standard InChI is InChI=1S/C16H31N3O/c1-3-15-6-4-5-9-19(15)16(20)13-18-10-7-14(8-11-18)12-17-2/h14-15,17H,3-13H2,1-2H3. The van der Waals surface area contributed by atoms with Crippen molar-refractivity contribution in [3.63, 3.8) is 0 Å². The van der Waals surface area contributed by atoms with Crippen LogP contribution in [0.4, 0.5) is 0 Å². The number of carbonyl (C=O) groups excluding carboxylic acids is 1. The van der Waals surface area contributed by atoms with E-state index in [0.717, 1.165) is 38.5 Å². The minimum absolute atomic E-state index is 0.364. The van der Waals surface area contributed by atoms with Crippen LogP contribution in [0.3, 0.4) is 0 Å². The summed E-state index contributed by atoms with van der Waals surface area (Å²) in [5.74, 6) is 1.16. The summed E-state index contributed by atoms with van der Waals surface area (Å²) in [6, 6.07) is 0.498. The monoisotopic (exact) mass is 281 g/mol. The van der Waals surface area contributed by atoms with E-state index >= 15 is 0 Å². The van der Waals surface area contributed by atoms with Gasteiger partial charge in [0.05, 0.1) is 6.54 Å². The molecule has 4 nitrogen and oxygen atoms in total. The third-order valence-corrected chi connectivity index (χ3v) is 4.98. The number of amides is 1. The molecule has 1 atom stereocenters. The second kappa shape index (κ2) is 7.99. The van der Waals surface area contributed by atoms with Crippen molar-refractivity contribution in [3.8, 4) is 0 Å². The lowest BCUT2D eigenvalue weighted by Crippen LogP contribution is -2.49. The SMILES string of the molecule is CCC1CCCCN1C(=O)CN1CCC(CNC)CC1. The van der Waals surface area contributed by atoms with Crippen molar-refractivity contribution in [2.75, 3.05) is 39.8 Å². The first-order valence-electron chi connectivity index (χ1n) is 8.41. The van der Waals surface area contributed by atoms with E-state index in [-0.39, 0.29) is 0 Å². The number of rotatable bonds is 5. The van der Waals surface area contributed by atoms with E-state index in [9.17, 15) is 4.79 Å². The van der Waals surface area contributed by atoms with Crippen LogP contribution in [0.2, 0.25) is 0 Å². The third kappa shape index (κ3) is 4.19. The van der Waals surface area contributed by atoms with Gasteiger partial charge in [0.25, 0.3) is 0 Å². The van der Waals surface area contributed by atoms with E-state index in [1.165, 1.54) is 32.1 Å². The highest BCUT2D eigenvalue weighted by Crippen LogP contribution is 2.21. The Bertz CT molecular complexity index is 300. The van der Waals surface area contributed by atoms with Gasteiger partial charge in [-0.1, -0.05) is 6.92 Å². The van der Waals surface area contributed by atoms with E-state index in [2.05, 4.69) is 22.0 Å². The van der Waals surface area contributed by atoms with Gasteiger partial charge in [0.2, 0.25) is 5.91 Å². The van der Waals surface area contributed by atoms with E-state index in [0.29, 0.717) is 18.5 Å². The van der Waals surface area contributed by atoms with Gasteiger partial charge in [0.15, 0.2) is 0 Å². The number of carbonyl (C=O) groups is 1. The number of likely N-dealkylation sites (tertiary alicyclic amines) is 2. The molecule has 2 aliphatic rings. The number of nitrogens with zero attached hydrogens (tertiary/aromatic N) is 2. The first-order valence-corrected chi connectivity index (χ1v) is 8.41. The fourth-order valence-electron chi connectivity index (χ4n) is 3.67. The second-order valence-electron chi connectivity index (χ2n) is 6.42. The van der Waals surface area contributed by atoms with E-state index in [1.54, 1.807) is 0 Å². The van der Waals surface area contributed by atoms with E-state index < -0.39 is 0 Å². The fourth-order valence-corrected chi connectivity index (χ4v) is 3.67. The van der Waals surface area contributed by atoms with Crippen molar-refractivity contribution in [1.82, 2.24) is 15.1 Å². The van der Waals surface area contributed by atoms with Crippen LogP contribution in [0.15, 0.2) is 0 Å². The van der Waals surface area contributed by atoms with Crippen LogP contribution < -0.4 is 5.32 Å². The lowest BCUT2D eigenvalue weighted by Gasteiger charge is -2.38. The van der Waals surface area contributed by atoms with Crippen molar-refractivity contribution >= 4 is 5.91 Å². The van der Waals surface area contributed by atoms with Crippen LogP contribution in [-0.4, -0.2) is 61.5 Å². The summed E-state index contributed by atoms with van der Waals surface area (Å²) >= 11 is 0. The summed E-state index contributed by atoms with van der Waals surface area (Å²) < 4.78 is 0. The smallest absolute Gasteiger partial charge is 0.236 e. The zero-order valence-electron chi connectivity index (χ0n) is 13.2. The Morgan fingerprint density at radius 1 is 1.15 bits per heavy atom. The summed E-state index contributed by atoms with van der Waals surface area (Å²) in [5, 5.41) is 3.26. The highest BCUT2D eigenvalue weighted by molar-refractivity contribution is 5.78. The van der Waals surface area contributed by atoms with Crippen LogP contribution in [0.25, 0.3) is 0 Å². The first-order chi connectivity index (χ1) is 9.74. The number of nitrogens with one attached hydrogen (secondary N) is 1.